The predicted molar refractivity (Wildman–Crippen MR) is 137 cm³/mol. The van der Waals surface area contributed by atoms with Crippen molar-refractivity contribution in [1.29, 1.82) is 0 Å². The molecule has 0 atom stereocenters. The first-order valence-corrected chi connectivity index (χ1v) is 12.6. The minimum Gasteiger partial charge on any atom is -0.478 e. The van der Waals surface area contributed by atoms with Gasteiger partial charge in [0.1, 0.15) is 0 Å². The molecule has 4 rings (SSSR count). The summed E-state index contributed by atoms with van der Waals surface area (Å²) in [7, 11) is 0. The highest BCUT2D eigenvalue weighted by Crippen LogP contribution is 2.28. The summed E-state index contributed by atoms with van der Waals surface area (Å²) >= 11 is 5.96. The van der Waals surface area contributed by atoms with Crippen molar-refractivity contribution < 1.29 is 37.8 Å². The number of carboxylic acids is 2. The normalized spacial score (nSPS) is 16.8. The maximum Gasteiger partial charge on any atom is 0.490 e. The van der Waals surface area contributed by atoms with E-state index in [-0.39, 0.29) is 17.2 Å². The van der Waals surface area contributed by atoms with Crippen LogP contribution in [0.15, 0.2) is 42.5 Å². The third-order valence-corrected chi connectivity index (χ3v) is 6.78. The van der Waals surface area contributed by atoms with Crippen molar-refractivity contribution in [2.75, 3.05) is 36.4 Å². The highest BCUT2D eigenvalue weighted by atomic mass is 35.5. The van der Waals surface area contributed by atoms with Gasteiger partial charge < -0.3 is 25.3 Å². The second kappa shape index (κ2) is 13.0. The molecule has 2 saturated heterocycles. The molecule has 8 nitrogen and oxygen atoms in total. The van der Waals surface area contributed by atoms with Gasteiger partial charge in [-0.3, -0.25) is 4.79 Å². The molecule has 0 aromatic heterocycles. The Morgan fingerprint density at radius 1 is 0.921 bits per heavy atom. The average Bonchev–Trinajstić information content (AvgIpc) is 2.89. The van der Waals surface area contributed by atoms with Gasteiger partial charge in [-0.15, -0.1) is 0 Å². The zero-order chi connectivity index (χ0) is 27.9. The van der Waals surface area contributed by atoms with Gasteiger partial charge in [0, 0.05) is 35.4 Å². The summed E-state index contributed by atoms with van der Waals surface area (Å²) in [4.78, 5) is 38.2. The molecule has 0 spiro atoms. The van der Waals surface area contributed by atoms with E-state index in [1.807, 2.05) is 6.07 Å². The fourth-order valence-corrected chi connectivity index (χ4v) is 4.80. The van der Waals surface area contributed by atoms with Crippen molar-refractivity contribution in [2.24, 2.45) is 0 Å². The third kappa shape index (κ3) is 8.09. The van der Waals surface area contributed by atoms with Crippen molar-refractivity contribution in [3.05, 3.63) is 58.6 Å². The standard InChI is InChI=1S/C24H28ClN3O3.C2HF3O2/c25-18-6-4-5-17(15-18)23(29)26-22-8-7-20(16-21(22)24(30)31)28-13-9-19(10-14-28)27-11-2-1-3-12-27;3-2(4,5)1(6)7/h4-8,15-16,19H,1-3,9-14H2,(H,26,29)(H,30,31);(H,6,7). The van der Waals surface area contributed by atoms with Crippen LogP contribution in [0.2, 0.25) is 5.02 Å². The smallest absolute Gasteiger partial charge is 0.478 e. The minimum absolute atomic E-state index is 0.0889. The Labute approximate surface area is 223 Å². The quantitative estimate of drug-likeness (QED) is 0.454. The number of halogens is 4. The number of piperidine rings is 2. The third-order valence-electron chi connectivity index (χ3n) is 6.55. The van der Waals surface area contributed by atoms with Crippen molar-refractivity contribution in [1.82, 2.24) is 4.90 Å². The summed E-state index contributed by atoms with van der Waals surface area (Å²) in [5.74, 6) is -4.21. The Morgan fingerprint density at radius 2 is 1.55 bits per heavy atom. The minimum atomic E-state index is -5.08. The van der Waals surface area contributed by atoms with Gasteiger partial charge in [-0.05, 0) is 75.2 Å². The van der Waals surface area contributed by atoms with Crippen LogP contribution < -0.4 is 10.2 Å². The van der Waals surface area contributed by atoms with Gasteiger partial charge in [0.15, 0.2) is 0 Å². The molecular weight excluding hydrogens is 527 g/mol. The Bertz CT molecular complexity index is 1150. The Morgan fingerprint density at radius 3 is 2.11 bits per heavy atom. The molecule has 2 aromatic carbocycles. The molecule has 2 aliphatic heterocycles. The summed E-state index contributed by atoms with van der Waals surface area (Å²) in [6.45, 7) is 4.23. The predicted octanol–water partition coefficient (Wildman–Crippen LogP) is 5.38. The SMILES string of the molecule is O=C(Nc1ccc(N2CCC(N3CCCCC3)CC2)cc1C(=O)O)c1cccc(Cl)c1.O=C(O)C(F)(F)F. The highest BCUT2D eigenvalue weighted by Gasteiger charge is 2.38. The molecule has 0 aliphatic carbocycles. The lowest BCUT2D eigenvalue weighted by Crippen LogP contribution is -2.46. The Hall–Kier alpha value is -3.31. The number of amides is 1. The molecule has 2 aliphatic rings. The monoisotopic (exact) mass is 555 g/mol. The van der Waals surface area contributed by atoms with Crippen LogP contribution in [0.3, 0.4) is 0 Å². The molecule has 0 unspecified atom stereocenters. The number of hydrogen-bond donors (Lipinski definition) is 3. The van der Waals surface area contributed by atoms with Crippen LogP contribution in [0.4, 0.5) is 24.5 Å². The zero-order valence-electron chi connectivity index (χ0n) is 20.5. The van der Waals surface area contributed by atoms with Gasteiger partial charge in [-0.2, -0.15) is 13.2 Å². The van der Waals surface area contributed by atoms with E-state index in [1.54, 1.807) is 36.4 Å². The lowest BCUT2D eigenvalue weighted by Gasteiger charge is -2.41. The van der Waals surface area contributed by atoms with E-state index in [2.05, 4.69) is 15.1 Å². The molecule has 1 amide bonds. The lowest BCUT2D eigenvalue weighted by molar-refractivity contribution is -0.192. The van der Waals surface area contributed by atoms with Crippen molar-refractivity contribution in [2.45, 2.75) is 44.3 Å². The summed E-state index contributed by atoms with van der Waals surface area (Å²) in [5.41, 5.74) is 1.64. The summed E-state index contributed by atoms with van der Waals surface area (Å²) in [6.07, 6.45) is 1.04. The van der Waals surface area contributed by atoms with Crippen LogP contribution in [0, 0.1) is 0 Å². The number of nitrogens with zero attached hydrogens (tertiary/aromatic N) is 2. The first-order chi connectivity index (χ1) is 18.0. The maximum atomic E-state index is 12.5. The van der Waals surface area contributed by atoms with E-state index in [4.69, 9.17) is 21.5 Å². The largest absolute Gasteiger partial charge is 0.490 e. The molecule has 2 heterocycles. The number of hydrogen-bond acceptors (Lipinski definition) is 5. The number of carboxylic acid groups (broad SMARTS) is 2. The summed E-state index contributed by atoms with van der Waals surface area (Å²) < 4.78 is 31.7. The number of anilines is 2. The summed E-state index contributed by atoms with van der Waals surface area (Å²) in [6, 6.07) is 12.4. The van der Waals surface area contributed by atoms with Gasteiger partial charge >= 0.3 is 18.1 Å². The van der Waals surface area contributed by atoms with Crippen LogP contribution >= 0.6 is 11.6 Å². The molecule has 38 heavy (non-hydrogen) atoms. The fourth-order valence-electron chi connectivity index (χ4n) is 4.61. The number of likely N-dealkylation sites (tertiary alicyclic amines) is 1. The molecular formula is C26H29ClF3N3O5. The number of nitrogens with one attached hydrogen (secondary N) is 1. The van der Waals surface area contributed by atoms with Gasteiger partial charge in [0.05, 0.1) is 11.3 Å². The van der Waals surface area contributed by atoms with E-state index in [0.29, 0.717) is 16.6 Å². The second-order valence-electron chi connectivity index (χ2n) is 9.12. The number of carbonyl (C=O) groups is 3. The fraction of sp³-hybridized carbons (Fsp3) is 0.423. The average molecular weight is 556 g/mol. The number of benzene rings is 2. The van der Waals surface area contributed by atoms with Crippen molar-refractivity contribution in [3.8, 4) is 0 Å². The van der Waals surface area contributed by atoms with Crippen LogP contribution in [0.25, 0.3) is 0 Å². The Kier molecular flexibility index (Phi) is 9.98. The molecule has 0 bridgehead atoms. The highest BCUT2D eigenvalue weighted by molar-refractivity contribution is 6.31. The number of aliphatic carboxylic acids is 1. The second-order valence-corrected chi connectivity index (χ2v) is 9.55. The number of aromatic carboxylic acids is 1. The van der Waals surface area contributed by atoms with Crippen LogP contribution in [-0.4, -0.2) is 71.4 Å². The van der Waals surface area contributed by atoms with Crippen LogP contribution in [-0.2, 0) is 4.79 Å². The molecule has 12 heteroatoms. The molecule has 0 radical (unpaired) electrons. The first-order valence-electron chi connectivity index (χ1n) is 12.2. The molecule has 2 aromatic rings. The van der Waals surface area contributed by atoms with E-state index in [1.165, 1.54) is 32.4 Å². The number of rotatable bonds is 5. The van der Waals surface area contributed by atoms with Crippen LogP contribution in [0.5, 0.6) is 0 Å². The van der Waals surface area contributed by atoms with Crippen molar-refractivity contribution in [3.63, 3.8) is 0 Å². The van der Waals surface area contributed by atoms with Crippen LogP contribution in [0.1, 0.15) is 52.8 Å². The number of alkyl halides is 3. The van der Waals surface area contributed by atoms with Gasteiger partial charge in [-0.1, -0.05) is 24.1 Å². The molecule has 2 fully saturated rings. The molecule has 206 valence electrons. The van der Waals surface area contributed by atoms with Gasteiger partial charge in [-0.25, -0.2) is 9.59 Å². The van der Waals surface area contributed by atoms with Gasteiger partial charge in [0.25, 0.3) is 5.91 Å². The number of carbonyl (C=O) groups excluding carboxylic acids is 1. The van der Waals surface area contributed by atoms with Gasteiger partial charge in [0.2, 0.25) is 0 Å². The molecule has 0 saturated carbocycles. The Balaban J connectivity index is 0.000000505. The van der Waals surface area contributed by atoms with Crippen molar-refractivity contribution >= 4 is 40.8 Å². The maximum absolute atomic E-state index is 12.5. The molecule has 3 N–H and O–H groups in total. The van der Waals surface area contributed by atoms with E-state index >= 15 is 0 Å². The van der Waals surface area contributed by atoms with E-state index in [0.717, 1.165) is 31.6 Å². The van der Waals surface area contributed by atoms with E-state index < -0.39 is 18.1 Å². The summed E-state index contributed by atoms with van der Waals surface area (Å²) in [5, 5.41) is 20.0. The topological polar surface area (TPSA) is 110 Å². The zero-order valence-corrected chi connectivity index (χ0v) is 21.3. The first kappa shape index (κ1) is 29.2. The van der Waals surface area contributed by atoms with E-state index in [9.17, 15) is 27.9 Å². The lowest BCUT2D eigenvalue weighted by atomic mass is 9.99.